The minimum absolute atomic E-state index is 0.427. The normalized spacial score (nSPS) is 12.0. The predicted molar refractivity (Wildman–Crippen MR) is 315 cm³/mol. The van der Waals surface area contributed by atoms with Gasteiger partial charge in [0.15, 0.2) is 5.82 Å². The number of benzene rings is 12. The molecule has 0 saturated heterocycles. The van der Waals surface area contributed by atoms with Crippen LogP contribution in [-0.2, 0) is 6.18 Å². The number of halogens is 3. The van der Waals surface area contributed by atoms with Crippen LogP contribution in [0.1, 0.15) is 5.56 Å². The van der Waals surface area contributed by atoms with E-state index in [1.54, 1.807) is 6.07 Å². The number of hydrogen-bond acceptors (Lipinski definition) is 2. The lowest BCUT2D eigenvalue weighted by Crippen LogP contribution is -2.04. The van der Waals surface area contributed by atoms with Gasteiger partial charge in [-0.2, -0.15) is 13.2 Å². The van der Waals surface area contributed by atoms with Gasteiger partial charge in [0, 0.05) is 54.8 Å². The lowest BCUT2D eigenvalue weighted by molar-refractivity contribution is -0.137. The molecule has 0 saturated carbocycles. The molecule has 3 aromatic heterocycles. The van der Waals surface area contributed by atoms with Crippen molar-refractivity contribution in [2.75, 3.05) is 0 Å². The molecule has 0 unspecified atom stereocenters. The molecule has 0 spiro atoms. The summed E-state index contributed by atoms with van der Waals surface area (Å²) in [5.41, 5.74) is 15.6. The van der Waals surface area contributed by atoms with E-state index in [9.17, 15) is 13.2 Å². The number of rotatable bonds is 7. The van der Waals surface area contributed by atoms with Crippen molar-refractivity contribution in [2.45, 2.75) is 6.18 Å². The van der Waals surface area contributed by atoms with Crippen LogP contribution in [0.2, 0.25) is 0 Å². The minimum Gasteiger partial charge on any atom is -0.309 e. The maximum atomic E-state index is 13.9. The van der Waals surface area contributed by atoms with Gasteiger partial charge in [-0.25, -0.2) is 9.97 Å². The zero-order valence-electron chi connectivity index (χ0n) is 41.7. The third-order valence-corrected chi connectivity index (χ3v) is 15.5. The standard InChI is InChI=1S/C71H43F3N4/c72-71(73,74)55-31-25-46-23-24-53(37-54(46)38-55)70-75-68(59-32-26-47-17-10-11-22-58(47)69(59)76-70)52-18-12-21-57(39-52)78-66-34-28-49(45-15-6-2-7-16-45)41-61(66)63-43-51(30-36-67(63)78)50-29-35-65-62(42-50)60-40-48(44-13-4-1-5-14-44)27-33-64(60)77(65)56-19-8-3-9-20-56/h1-43H. The molecular weight excluding hydrogens is 966 g/mol. The van der Waals surface area contributed by atoms with E-state index in [-0.39, 0.29) is 0 Å². The molecule has 7 heteroatoms. The van der Waals surface area contributed by atoms with Crippen molar-refractivity contribution >= 4 is 76.1 Å². The molecule has 0 fully saturated rings. The van der Waals surface area contributed by atoms with E-state index in [1.165, 1.54) is 34.0 Å². The number of para-hydroxylation sites is 1. The fourth-order valence-electron chi connectivity index (χ4n) is 11.7. The number of alkyl halides is 3. The van der Waals surface area contributed by atoms with Gasteiger partial charge in [0.25, 0.3) is 0 Å². The summed E-state index contributed by atoms with van der Waals surface area (Å²) in [6, 6.07) is 89.0. The Hall–Kier alpha value is -10.1. The van der Waals surface area contributed by atoms with Crippen molar-refractivity contribution in [1.82, 2.24) is 19.1 Å². The van der Waals surface area contributed by atoms with Crippen LogP contribution >= 0.6 is 0 Å². The highest BCUT2D eigenvalue weighted by Gasteiger charge is 2.30. The van der Waals surface area contributed by atoms with E-state index in [1.807, 2.05) is 30.3 Å². The van der Waals surface area contributed by atoms with Gasteiger partial charge in [0.1, 0.15) is 0 Å². The first-order chi connectivity index (χ1) is 38.3. The molecule has 0 aliphatic carbocycles. The van der Waals surface area contributed by atoms with Crippen LogP contribution in [0.5, 0.6) is 0 Å². The molecule has 0 N–H and O–H groups in total. The van der Waals surface area contributed by atoms with Gasteiger partial charge in [-0.05, 0) is 147 Å². The summed E-state index contributed by atoms with van der Waals surface area (Å²) in [5.74, 6) is 0.427. The van der Waals surface area contributed by atoms with Crippen LogP contribution in [0.3, 0.4) is 0 Å². The molecular formula is C71H43F3N4. The highest BCUT2D eigenvalue weighted by Crippen LogP contribution is 2.42. The van der Waals surface area contributed by atoms with Gasteiger partial charge >= 0.3 is 6.18 Å². The van der Waals surface area contributed by atoms with Gasteiger partial charge in [-0.1, -0.05) is 164 Å². The van der Waals surface area contributed by atoms with E-state index in [2.05, 4.69) is 215 Å². The Balaban J connectivity index is 0.913. The van der Waals surface area contributed by atoms with E-state index >= 15 is 0 Å². The summed E-state index contributed by atoms with van der Waals surface area (Å²) in [7, 11) is 0. The minimum atomic E-state index is -4.47. The average Bonchev–Trinajstić information content (AvgIpc) is 4.22. The quantitative estimate of drug-likeness (QED) is 0.149. The summed E-state index contributed by atoms with van der Waals surface area (Å²) in [6.07, 6.45) is -4.47. The third-order valence-electron chi connectivity index (χ3n) is 15.5. The Morgan fingerprint density at radius 1 is 0.282 bits per heavy atom. The van der Waals surface area contributed by atoms with Gasteiger partial charge in [0.05, 0.1) is 38.8 Å². The van der Waals surface area contributed by atoms with Crippen molar-refractivity contribution in [3.63, 3.8) is 0 Å². The Kier molecular flexibility index (Phi) is 10.3. The van der Waals surface area contributed by atoms with Crippen molar-refractivity contribution in [3.05, 3.63) is 266 Å². The zero-order chi connectivity index (χ0) is 52.1. The molecule has 15 aromatic rings. The monoisotopic (exact) mass is 1010 g/mol. The molecule has 0 atom stereocenters. The molecule has 3 heterocycles. The first-order valence-corrected chi connectivity index (χ1v) is 26.0. The van der Waals surface area contributed by atoms with Gasteiger partial charge < -0.3 is 9.13 Å². The molecule has 0 aliphatic rings. The highest BCUT2D eigenvalue weighted by molar-refractivity contribution is 6.15. The summed E-state index contributed by atoms with van der Waals surface area (Å²) in [5, 5.41) is 8.63. The Bertz CT molecular complexity index is 4880. The van der Waals surface area contributed by atoms with E-state index in [0.717, 1.165) is 105 Å². The maximum Gasteiger partial charge on any atom is 0.416 e. The SMILES string of the molecule is FC(F)(F)c1ccc2ccc(-c3nc(-c4cccc(-n5c6ccc(-c7ccccc7)cc6c6cc(-c7ccc8c(c7)c7cc(-c9ccccc9)ccc7n8-c7ccccc7)ccc65)c4)c4ccc5ccccc5c4n3)cc2c1. The number of hydrogen-bond donors (Lipinski definition) is 0. The van der Waals surface area contributed by atoms with Gasteiger partial charge in [0.2, 0.25) is 0 Å². The van der Waals surface area contributed by atoms with E-state index in [4.69, 9.17) is 9.97 Å². The largest absolute Gasteiger partial charge is 0.416 e. The second-order valence-corrected chi connectivity index (χ2v) is 20.1. The second-order valence-electron chi connectivity index (χ2n) is 20.1. The third kappa shape index (κ3) is 7.53. The summed E-state index contributed by atoms with van der Waals surface area (Å²) in [4.78, 5) is 10.5. The Labute approximate surface area is 446 Å². The Morgan fingerprint density at radius 2 is 0.756 bits per heavy atom. The molecule has 0 radical (unpaired) electrons. The van der Waals surface area contributed by atoms with Crippen LogP contribution in [0.4, 0.5) is 13.2 Å². The fourth-order valence-corrected chi connectivity index (χ4v) is 11.7. The second kappa shape index (κ2) is 17.8. The van der Waals surface area contributed by atoms with Crippen molar-refractivity contribution in [2.24, 2.45) is 0 Å². The van der Waals surface area contributed by atoms with Crippen LogP contribution in [0, 0.1) is 0 Å². The number of fused-ring (bicyclic) bond motifs is 10. The maximum absolute atomic E-state index is 13.9. The lowest BCUT2D eigenvalue weighted by atomic mass is 9.98. The average molecular weight is 1010 g/mol. The molecule has 4 nitrogen and oxygen atoms in total. The van der Waals surface area contributed by atoms with Crippen molar-refractivity contribution in [3.8, 4) is 67.4 Å². The summed E-state index contributed by atoms with van der Waals surface area (Å²) in [6.45, 7) is 0. The summed E-state index contributed by atoms with van der Waals surface area (Å²) >= 11 is 0. The van der Waals surface area contributed by atoms with Crippen LogP contribution in [0.15, 0.2) is 261 Å². The predicted octanol–water partition coefficient (Wildman–Crippen LogP) is 19.5. The summed E-state index contributed by atoms with van der Waals surface area (Å²) < 4.78 is 46.6. The van der Waals surface area contributed by atoms with E-state index in [0.29, 0.717) is 22.2 Å². The van der Waals surface area contributed by atoms with Crippen molar-refractivity contribution < 1.29 is 13.2 Å². The van der Waals surface area contributed by atoms with Gasteiger partial charge in [-0.15, -0.1) is 0 Å². The number of nitrogens with zero attached hydrogens (tertiary/aromatic N) is 4. The molecule has 78 heavy (non-hydrogen) atoms. The van der Waals surface area contributed by atoms with Crippen LogP contribution < -0.4 is 0 Å². The van der Waals surface area contributed by atoms with Crippen LogP contribution in [-0.4, -0.2) is 19.1 Å². The first-order valence-electron chi connectivity index (χ1n) is 26.0. The molecule has 12 aromatic carbocycles. The molecule has 0 aliphatic heterocycles. The molecule has 368 valence electrons. The highest BCUT2D eigenvalue weighted by atomic mass is 19.4. The van der Waals surface area contributed by atoms with Gasteiger partial charge in [-0.3, -0.25) is 0 Å². The first kappa shape index (κ1) is 45.3. The smallest absolute Gasteiger partial charge is 0.309 e. The zero-order valence-corrected chi connectivity index (χ0v) is 41.7. The molecule has 15 rings (SSSR count). The number of aromatic nitrogens is 4. The molecule has 0 amide bonds. The lowest BCUT2D eigenvalue weighted by Gasteiger charge is -2.14. The fraction of sp³-hybridized carbons (Fsp3) is 0.0141. The molecule has 0 bridgehead atoms. The Morgan fingerprint density at radius 3 is 1.35 bits per heavy atom. The topological polar surface area (TPSA) is 35.6 Å². The van der Waals surface area contributed by atoms with E-state index < -0.39 is 11.7 Å². The van der Waals surface area contributed by atoms with Crippen LogP contribution in [0.25, 0.3) is 143 Å². The van der Waals surface area contributed by atoms with Crippen molar-refractivity contribution in [1.29, 1.82) is 0 Å².